The van der Waals surface area contributed by atoms with Gasteiger partial charge in [-0.3, -0.25) is 0 Å². The third kappa shape index (κ3) is 3.34. The summed E-state index contributed by atoms with van der Waals surface area (Å²) in [7, 11) is 0. The van der Waals surface area contributed by atoms with Crippen molar-refractivity contribution >= 4 is 18.1 Å². The number of nitrogens with zero attached hydrogens (tertiary/aromatic N) is 1. The molecule has 2 heterocycles. The fourth-order valence-electron chi connectivity index (χ4n) is 2.95. The first-order valence-corrected chi connectivity index (χ1v) is 7.02. The lowest BCUT2D eigenvalue weighted by Crippen LogP contribution is -2.40. The summed E-state index contributed by atoms with van der Waals surface area (Å²) in [5, 5.41) is 3.44. The Morgan fingerprint density at radius 1 is 1.32 bits per heavy atom. The third-order valence-corrected chi connectivity index (χ3v) is 4.01. The standard InChI is InChI=1S/C15H22N2O.ClH/c1-12-2-3-14-15(10-12)18-9-8-17(14)11-13-4-6-16-7-5-13;/h2-3,10,13,16H,4-9,11H2,1H3;1H. The van der Waals surface area contributed by atoms with Crippen LogP contribution in [0.5, 0.6) is 5.75 Å². The van der Waals surface area contributed by atoms with Crippen molar-refractivity contribution in [3.8, 4) is 5.75 Å². The second-order valence-electron chi connectivity index (χ2n) is 5.46. The molecule has 0 amide bonds. The van der Waals surface area contributed by atoms with E-state index in [0.717, 1.165) is 24.8 Å². The number of hydrogen-bond donors (Lipinski definition) is 1. The normalized spacial score (nSPS) is 19.3. The number of nitrogens with one attached hydrogen (secondary N) is 1. The van der Waals surface area contributed by atoms with Crippen molar-refractivity contribution in [2.75, 3.05) is 37.7 Å². The Morgan fingerprint density at radius 2 is 2.11 bits per heavy atom. The van der Waals surface area contributed by atoms with Gasteiger partial charge in [0.05, 0.1) is 12.2 Å². The number of anilines is 1. The molecule has 0 aromatic heterocycles. The van der Waals surface area contributed by atoms with E-state index in [4.69, 9.17) is 4.74 Å². The number of hydrogen-bond acceptors (Lipinski definition) is 3. The molecule has 1 aromatic carbocycles. The molecule has 106 valence electrons. The van der Waals surface area contributed by atoms with Crippen LogP contribution in [0.3, 0.4) is 0 Å². The Morgan fingerprint density at radius 3 is 2.89 bits per heavy atom. The Labute approximate surface area is 121 Å². The van der Waals surface area contributed by atoms with E-state index in [9.17, 15) is 0 Å². The van der Waals surface area contributed by atoms with Gasteiger partial charge in [-0.2, -0.15) is 0 Å². The minimum Gasteiger partial charge on any atom is -0.490 e. The highest BCUT2D eigenvalue weighted by Gasteiger charge is 2.22. The van der Waals surface area contributed by atoms with E-state index < -0.39 is 0 Å². The average Bonchev–Trinajstić information content (AvgIpc) is 2.40. The average molecular weight is 283 g/mol. The van der Waals surface area contributed by atoms with Crippen LogP contribution >= 0.6 is 12.4 Å². The van der Waals surface area contributed by atoms with Crippen LogP contribution in [0.4, 0.5) is 5.69 Å². The lowest BCUT2D eigenvalue weighted by Gasteiger charge is -2.35. The quantitative estimate of drug-likeness (QED) is 0.902. The predicted molar refractivity (Wildman–Crippen MR) is 81.7 cm³/mol. The molecule has 0 aliphatic carbocycles. The number of fused-ring (bicyclic) bond motifs is 1. The van der Waals surface area contributed by atoms with Gasteiger partial charge in [0.1, 0.15) is 12.4 Å². The van der Waals surface area contributed by atoms with Crippen LogP contribution in [0.2, 0.25) is 0 Å². The Bertz CT molecular complexity index is 419. The molecule has 3 rings (SSSR count). The molecule has 3 nitrogen and oxygen atoms in total. The Kier molecular flexibility index (Phi) is 4.94. The highest BCUT2D eigenvalue weighted by atomic mass is 35.5. The van der Waals surface area contributed by atoms with Gasteiger partial charge >= 0.3 is 0 Å². The van der Waals surface area contributed by atoms with Gasteiger partial charge in [-0.05, 0) is 56.5 Å². The number of halogens is 1. The van der Waals surface area contributed by atoms with E-state index in [2.05, 4.69) is 35.3 Å². The second-order valence-corrected chi connectivity index (χ2v) is 5.46. The molecule has 0 radical (unpaired) electrons. The summed E-state index contributed by atoms with van der Waals surface area (Å²) in [4.78, 5) is 2.51. The molecule has 0 saturated carbocycles. The maximum Gasteiger partial charge on any atom is 0.142 e. The molecule has 1 aromatic rings. The summed E-state index contributed by atoms with van der Waals surface area (Å²) in [5.41, 5.74) is 2.56. The van der Waals surface area contributed by atoms with Gasteiger partial charge in [-0.1, -0.05) is 6.07 Å². The number of aryl methyl sites for hydroxylation is 1. The first-order valence-electron chi connectivity index (χ1n) is 7.02. The van der Waals surface area contributed by atoms with E-state index in [1.807, 2.05) is 0 Å². The highest BCUT2D eigenvalue weighted by molar-refractivity contribution is 5.85. The van der Waals surface area contributed by atoms with Crippen LogP contribution in [0.25, 0.3) is 0 Å². The van der Waals surface area contributed by atoms with Gasteiger partial charge in [0.15, 0.2) is 0 Å². The molecule has 4 heteroatoms. The second kappa shape index (κ2) is 6.49. The first-order chi connectivity index (χ1) is 8.83. The van der Waals surface area contributed by atoms with Crippen molar-refractivity contribution in [1.82, 2.24) is 5.32 Å². The molecule has 0 spiro atoms. The highest BCUT2D eigenvalue weighted by Crippen LogP contribution is 2.33. The Hall–Kier alpha value is -0.930. The lowest BCUT2D eigenvalue weighted by atomic mass is 9.97. The van der Waals surface area contributed by atoms with Gasteiger partial charge in [0, 0.05) is 6.54 Å². The maximum absolute atomic E-state index is 5.77. The van der Waals surface area contributed by atoms with Crippen molar-refractivity contribution in [3.05, 3.63) is 23.8 Å². The summed E-state index contributed by atoms with van der Waals surface area (Å²) in [6.45, 7) is 7.50. The van der Waals surface area contributed by atoms with Crippen molar-refractivity contribution in [2.24, 2.45) is 5.92 Å². The molecule has 1 fully saturated rings. The fourth-order valence-corrected chi connectivity index (χ4v) is 2.95. The molecular formula is C15H23ClN2O. The largest absolute Gasteiger partial charge is 0.490 e. The van der Waals surface area contributed by atoms with Gasteiger partial charge in [0.25, 0.3) is 0 Å². The predicted octanol–water partition coefficient (Wildman–Crippen LogP) is 2.62. The lowest BCUT2D eigenvalue weighted by molar-refractivity contribution is 0.295. The minimum absolute atomic E-state index is 0. The van der Waals surface area contributed by atoms with Crippen molar-refractivity contribution < 1.29 is 4.74 Å². The topological polar surface area (TPSA) is 24.5 Å². The molecule has 2 aliphatic rings. The van der Waals surface area contributed by atoms with E-state index in [1.54, 1.807) is 0 Å². The summed E-state index contributed by atoms with van der Waals surface area (Å²) < 4.78 is 5.77. The van der Waals surface area contributed by atoms with Crippen molar-refractivity contribution in [3.63, 3.8) is 0 Å². The third-order valence-electron chi connectivity index (χ3n) is 4.01. The minimum atomic E-state index is 0. The number of piperidine rings is 1. The summed E-state index contributed by atoms with van der Waals surface area (Å²) >= 11 is 0. The fraction of sp³-hybridized carbons (Fsp3) is 0.600. The van der Waals surface area contributed by atoms with Gasteiger partial charge in [0.2, 0.25) is 0 Å². The smallest absolute Gasteiger partial charge is 0.142 e. The zero-order valence-electron chi connectivity index (χ0n) is 11.5. The summed E-state index contributed by atoms with van der Waals surface area (Å²) in [5.74, 6) is 1.90. The number of ether oxygens (including phenoxy) is 1. The van der Waals surface area contributed by atoms with Crippen molar-refractivity contribution in [2.45, 2.75) is 19.8 Å². The van der Waals surface area contributed by atoms with Crippen LogP contribution in [-0.4, -0.2) is 32.8 Å². The zero-order valence-corrected chi connectivity index (χ0v) is 12.3. The van der Waals surface area contributed by atoms with Crippen LogP contribution < -0.4 is 15.0 Å². The molecule has 19 heavy (non-hydrogen) atoms. The van der Waals surface area contributed by atoms with E-state index >= 15 is 0 Å². The van der Waals surface area contributed by atoms with Crippen molar-refractivity contribution in [1.29, 1.82) is 0 Å². The molecule has 0 bridgehead atoms. The van der Waals surface area contributed by atoms with Crippen LogP contribution in [0, 0.1) is 12.8 Å². The van der Waals surface area contributed by atoms with E-state index in [1.165, 1.54) is 43.7 Å². The van der Waals surface area contributed by atoms with Crippen LogP contribution in [0.1, 0.15) is 18.4 Å². The van der Waals surface area contributed by atoms with Gasteiger partial charge in [-0.15, -0.1) is 12.4 Å². The monoisotopic (exact) mass is 282 g/mol. The summed E-state index contributed by atoms with van der Waals surface area (Å²) in [6, 6.07) is 6.55. The molecule has 0 unspecified atom stereocenters. The zero-order chi connectivity index (χ0) is 12.4. The van der Waals surface area contributed by atoms with Gasteiger partial charge < -0.3 is 15.0 Å². The Balaban J connectivity index is 0.00000133. The van der Waals surface area contributed by atoms with E-state index in [-0.39, 0.29) is 12.4 Å². The molecule has 1 N–H and O–H groups in total. The summed E-state index contributed by atoms with van der Waals surface area (Å²) in [6.07, 6.45) is 2.61. The number of benzene rings is 1. The van der Waals surface area contributed by atoms with Gasteiger partial charge in [-0.25, -0.2) is 0 Å². The first kappa shape index (κ1) is 14.5. The maximum atomic E-state index is 5.77. The molecule has 0 atom stereocenters. The van der Waals surface area contributed by atoms with Crippen LogP contribution in [0.15, 0.2) is 18.2 Å². The molecule has 1 saturated heterocycles. The SMILES string of the molecule is Cc1ccc2c(c1)OCCN2CC1CCNCC1.Cl. The van der Waals surface area contributed by atoms with Crippen LogP contribution in [-0.2, 0) is 0 Å². The molecule has 2 aliphatic heterocycles. The molecular weight excluding hydrogens is 260 g/mol. The number of rotatable bonds is 2. The van der Waals surface area contributed by atoms with E-state index in [0.29, 0.717) is 0 Å².